The second-order valence-corrected chi connectivity index (χ2v) is 8.99. The monoisotopic (exact) mass is 546 g/mol. The highest BCUT2D eigenvalue weighted by Crippen LogP contribution is 2.33. The molecule has 0 aliphatic carbocycles. The van der Waals surface area contributed by atoms with Crippen molar-refractivity contribution in [2.24, 2.45) is 0 Å². The molecule has 8 nitrogen and oxygen atoms in total. The third-order valence-electron chi connectivity index (χ3n) is 4.94. The zero-order valence-electron chi connectivity index (χ0n) is 19.2. The van der Waals surface area contributed by atoms with Gasteiger partial charge in [-0.2, -0.15) is 0 Å². The van der Waals surface area contributed by atoms with E-state index >= 15 is 0 Å². The summed E-state index contributed by atoms with van der Waals surface area (Å²) in [4.78, 5) is 23.0. The Kier molecular flexibility index (Phi) is 9.41. The number of methoxy groups -OCH3 is 2. The van der Waals surface area contributed by atoms with Crippen LogP contribution in [0.1, 0.15) is 23.7 Å². The lowest BCUT2D eigenvalue weighted by Crippen LogP contribution is -2.26. The molecule has 0 spiro atoms. The highest BCUT2D eigenvalue weighted by molar-refractivity contribution is 9.08. The predicted octanol–water partition coefficient (Wildman–Crippen LogP) is 5.80. The zero-order chi connectivity index (χ0) is 24.5. The number of aromatic nitrogens is 2. The Morgan fingerprint density at radius 2 is 1.53 bits per heavy atom. The van der Waals surface area contributed by atoms with Crippen LogP contribution in [0.3, 0.4) is 0 Å². The Labute approximate surface area is 211 Å². The summed E-state index contributed by atoms with van der Waals surface area (Å²) < 4.78 is 10.6. The van der Waals surface area contributed by atoms with Crippen LogP contribution in [0.15, 0.2) is 53.7 Å². The first kappa shape index (κ1) is 25.6. The molecule has 0 aliphatic heterocycles. The summed E-state index contributed by atoms with van der Waals surface area (Å²) in [5.41, 5.74) is 3.00. The van der Waals surface area contributed by atoms with Gasteiger partial charge in [0.2, 0.25) is 0 Å². The number of hydrogen-bond donors (Lipinski definition) is 2. The number of nitrogens with one attached hydrogen (secondary N) is 1. The second-order valence-electron chi connectivity index (χ2n) is 7.20. The second kappa shape index (κ2) is 12.5. The van der Waals surface area contributed by atoms with Crippen molar-refractivity contribution < 1.29 is 19.4 Å². The number of benzene rings is 2. The first-order chi connectivity index (χ1) is 16.5. The lowest BCUT2D eigenvalue weighted by Gasteiger charge is -2.27. The van der Waals surface area contributed by atoms with Crippen LogP contribution >= 0.6 is 27.7 Å². The number of halogens is 1. The van der Waals surface area contributed by atoms with E-state index in [1.54, 1.807) is 14.2 Å². The largest absolute Gasteiger partial charge is 0.497 e. The molecule has 1 heterocycles. The Hall–Kier alpha value is -2.98. The molecule has 0 aliphatic rings. The van der Waals surface area contributed by atoms with Gasteiger partial charge in [0, 0.05) is 18.4 Å². The van der Waals surface area contributed by atoms with E-state index in [0.717, 1.165) is 28.4 Å². The van der Waals surface area contributed by atoms with Gasteiger partial charge in [0.25, 0.3) is 0 Å². The van der Waals surface area contributed by atoms with Crippen molar-refractivity contribution in [3.8, 4) is 11.5 Å². The number of amides is 1. The first-order valence-corrected chi connectivity index (χ1v) is 12.7. The van der Waals surface area contributed by atoms with Crippen LogP contribution in [-0.2, 0) is 18.4 Å². The lowest BCUT2D eigenvalue weighted by atomic mass is 10.1. The molecule has 2 N–H and O–H groups in total. The highest BCUT2D eigenvalue weighted by atomic mass is 79.9. The molecule has 0 bridgehead atoms. The summed E-state index contributed by atoms with van der Waals surface area (Å²) in [7, 11) is 3.26. The fraction of sp³-hybridized carbons (Fsp3) is 0.292. The van der Waals surface area contributed by atoms with Crippen molar-refractivity contribution in [2.75, 3.05) is 30.2 Å². The van der Waals surface area contributed by atoms with Crippen molar-refractivity contribution in [2.45, 2.75) is 30.5 Å². The van der Waals surface area contributed by atoms with Gasteiger partial charge >= 0.3 is 6.09 Å². The number of hydrogen-bond acceptors (Lipinski definition) is 7. The molecule has 0 fully saturated rings. The van der Waals surface area contributed by atoms with Gasteiger partial charge in [-0.05, 0) is 41.1 Å². The van der Waals surface area contributed by atoms with E-state index in [-0.39, 0.29) is 0 Å². The number of anilines is 2. The first-order valence-electron chi connectivity index (χ1n) is 10.6. The number of rotatable bonds is 11. The molecule has 180 valence electrons. The summed E-state index contributed by atoms with van der Waals surface area (Å²) in [5, 5.41) is 13.0. The summed E-state index contributed by atoms with van der Waals surface area (Å²) >= 11 is 4.96. The van der Waals surface area contributed by atoms with Crippen molar-refractivity contribution in [3.05, 3.63) is 65.4 Å². The van der Waals surface area contributed by atoms with E-state index in [0.29, 0.717) is 40.8 Å². The van der Waals surface area contributed by atoms with Crippen molar-refractivity contribution in [3.63, 3.8) is 0 Å². The van der Waals surface area contributed by atoms with Gasteiger partial charge in [0.15, 0.2) is 11.0 Å². The number of carboxylic acid groups (broad SMARTS) is 1. The third-order valence-corrected chi connectivity index (χ3v) is 6.20. The molecule has 2 aromatic carbocycles. The Morgan fingerprint density at radius 1 is 1.00 bits per heavy atom. The van der Waals surface area contributed by atoms with Crippen molar-refractivity contribution >= 4 is 45.3 Å². The number of nitrogens with zero attached hydrogens (tertiary/aromatic N) is 3. The maximum atomic E-state index is 11.6. The van der Waals surface area contributed by atoms with E-state index in [1.807, 2.05) is 60.4 Å². The van der Waals surface area contributed by atoms with Gasteiger partial charge in [-0.25, -0.2) is 14.8 Å². The molecule has 0 saturated heterocycles. The van der Waals surface area contributed by atoms with Crippen LogP contribution in [0.2, 0.25) is 0 Å². The molecule has 1 aromatic heterocycles. The van der Waals surface area contributed by atoms with Crippen LogP contribution < -0.4 is 19.7 Å². The third kappa shape index (κ3) is 6.77. The maximum absolute atomic E-state index is 11.6. The molecular weight excluding hydrogens is 520 g/mol. The van der Waals surface area contributed by atoms with Crippen LogP contribution in [0.5, 0.6) is 11.5 Å². The molecule has 0 radical (unpaired) electrons. The molecule has 1 amide bonds. The maximum Gasteiger partial charge on any atom is 0.409 e. The average molecular weight is 547 g/mol. The standard InChI is InChI=1S/C24H27BrN4O4S/c1-4-34-23-26-20(13-25)21(27-24(30)31)22(28-23)29(14-16-5-9-18(32-2)10-6-16)15-17-7-11-19(33-3)12-8-17/h5-12,27H,4,13-15H2,1-3H3,(H,30,31). The minimum atomic E-state index is -1.17. The van der Waals surface area contributed by atoms with E-state index in [2.05, 4.69) is 26.2 Å². The quantitative estimate of drug-likeness (QED) is 0.177. The van der Waals surface area contributed by atoms with E-state index in [1.165, 1.54) is 11.8 Å². The highest BCUT2D eigenvalue weighted by Gasteiger charge is 2.22. The minimum absolute atomic E-state index is 0.367. The fourth-order valence-corrected chi connectivity index (χ4v) is 4.32. The lowest BCUT2D eigenvalue weighted by molar-refractivity contribution is 0.209. The Morgan fingerprint density at radius 3 is 1.94 bits per heavy atom. The van der Waals surface area contributed by atoms with E-state index < -0.39 is 6.09 Å². The fourth-order valence-electron chi connectivity index (χ4n) is 3.33. The molecule has 0 unspecified atom stereocenters. The van der Waals surface area contributed by atoms with E-state index in [4.69, 9.17) is 14.5 Å². The minimum Gasteiger partial charge on any atom is -0.497 e. The number of thioether (sulfide) groups is 1. The smallest absolute Gasteiger partial charge is 0.409 e. The van der Waals surface area contributed by atoms with E-state index in [9.17, 15) is 9.90 Å². The summed E-state index contributed by atoms with van der Waals surface area (Å²) in [6, 6.07) is 15.5. The van der Waals surface area contributed by atoms with Crippen molar-refractivity contribution in [1.29, 1.82) is 0 Å². The molecule has 0 atom stereocenters. The van der Waals surface area contributed by atoms with Gasteiger partial charge in [-0.3, -0.25) is 5.32 Å². The van der Waals surface area contributed by atoms with Gasteiger partial charge in [-0.15, -0.1) is 0 Å². The van der Waals surface area contributed by atoms with Crippen LogP contribution in [0.4, 0.5) is 16.3 Å². The normalized spacial score (nSPS) is 10.6. The Balaban J connectivity index is 2.09. The summed E-state index contributed by atoms with van der Waals surface area (Å²) in [5.74, 6) is 2.85. The molecule has 3 aromatic rings. The zero-order valence-corrected chi connectivity index (χ0v) is 21.6. The Bertz CT molecular complexity index is 1050. The SMILES string of the molecule is CCSc1nc(CBr)c(NC(=O)O)c(N(Cc2ccc(OC)cc2)Cc2ccc(OC)cc2)n1. The summed E-state index contributed by atoms with van der Waals surface area (Å²) in [6.45, 7) is 3.02. The molecular formula is C24H27BrN4O4S. The van der Waals surface area contributed by atoms with Crippen LogP contribution in [0, 0.1) is 0 Å². The number of ether oxygens (including phenoxy) is 2. The summed E-state index contributed by atoms with van der Waals surface area (Å²) in [6.07, 6.45) is -1.17. The van der Waals surface area contributed by atoms with Gasteiger partial charge in [0.1, 0.15) is 17.2 Å². The molecule has 34 heavy (non-hydrogen) atoms. The predicted molar refractivity (Wildman–Crippen MR) is 139 cm³/mol. The number of carbonyl (C=O) groups is 1. The average Bonchev–Trinajstić information content (AvgIpc) is 2.85. The van der Waals surface area contributed by atoms with Gasteiger partial charge in [-0.1, -0.05) is 58.9 Å². The van der Waals surface area contributed by atoms with Gasteiger partial charge in [0.05, 0.1) is 19.9 Å². The molecule has 0 saturated carbocycles. The topological polar surface area (TPSA) is 96.8 Å². The van der Waals surface area contributed by atoms with Crippen LogP contribution in [-0.4, -0.2) is 41.1 Å². The van der Waals surface area contributed by atoms with Gasteiger partial charge < -0.3 is 19.5 Å². The van der Waals surface area contributed by atoms with Crippen LogP contribution in [0.25, 0.3) is 0 Å². The van der Waals surface area contributed by atoms with Crippen molar-refractivity contribution in [1.82, 2.24) is 9.97 Å². The number of alkyl halides is 1. The molecule has 10 heteroatoms. The molecule has 3 rings (SSSR count).